The number of esters is 2. The lowest BCUT2D eigenvalue weighted by Crippen LogP contribution is -2.29. The van der Waals surface area contributed by atoms with Crippen molar-refractivity contribution in [2.75, 3.05) is 26.4 Å². The van der Waals surface area contributed by atoms with Crippen LogP contribution in [-0.2, 0) is 32.7 Å². The zero-order valence-corrected chi connectivity index (χ0v) is 38.7. The number of nitrogens with two attached hydrogens (primary N) is 1. The van der Waals surface area contributed by atoms with Gasteiger partial charge in [-0.2, -0.15) is 0 Å². The second-order valence-electron chi connectivity index (χ2n) is 16.3. The van der Waals surface area contributed by atoms with Crippen LogP contribution in [0, 0.1) is 0 Å². The molecular formula is C48H92NO8P. The number of carbonyl (C=O) groups is 2. The van der Waals surface area contributed by atoms with Crippen molar-refractivity contribution in [1.29, 1.82) is 0 Å². The van der Waals surface area contributed by atoms with Gasteiger partial charge in [0.05, 0.1) is 13.2 Å². The molecule has 342 valence electrons. The van der Waals surface area contributed by atoms with Crippen LogP contribution in [0.3, 0.4) is 0 Å². The number of phosphoric ester groups is 1. The van der Waals surface area contributed by atoms with Crippen LogP contribution in [-0.4, -0.2) is 49.3 Å². The van der Waals surface area contributed by atoms with Crippen molar-refractivity contribution in [3.8, 4) is 0 Å². The summed E-state index contributed by atoms with van der Waals surface area (Å²) >= 11 is 0. The standard InChI is InChI=1S/C48H92NO8P/c1-3-5-7-9-11-13-15-17-19-21-22-23-25-26-28-30-32-34-36-38-40-47(50)54-44-46(45-56-58(52,53)55-43-42-49)57-48(51)41-39-37-35-33-31-29-27-24-20-18-16-14-12-10-8-6-4-2/h27,29,33,35,46H,3-26,28,30-32,34,36-45,49H2,1-2H3,(H,52,53)/b29-27+,35-33+/t46-/m1/s1. The third-order valence-electron chi connectivity index (χ3n) is 10.6. The second-order valence-corrected chi connectivity index (χ2v) is 17.8. The van der Waals surface area contributed by atoms with Crippen molar-refractivity contribution in [1.82, 2.24) is 0 Å². The molecule has 0 radical (unpaired) electrons. The lowest BCUT2D eigenvalue weighted by atomic mass is 10.0. The smallest absolute Gasteiger partial charge is 0.462 e. The van der Waals surface area contributed by atoms with E-state index in [0.717, 1.165) is 38.5 Å². The molecule has 1 unspecified atom stereocenters. The number of carbonyl (C=O) groups excluding carboxylic acids is 2. The zero-order valence-electron chi connectivity index (χ0n) is 37.8. The molecule has 0 spiro atoms. The topological polar surface area (TPSA) is 134 Å². The Kier molecular flexibility index (Phi) is 43.9. The molecule has 0 fully saturated rings. The molecule has 3 N–H and O–H groups in total. The Morgan fingerprint density at radius 3 is 1.36 bits per heavy atom. The zero-order chi connectivity index (χ0) is 42.5. The van der Waals surface area contributed by atoms with Crippen LogP contribution < -0.4 is 5.73 Å². The molecule has 0 saturated carbocycles. The van der Waals surface area contributed by atoms with E-state index in [9.17, 15) is 19.0 Å². The summed E-state index contributed by atoms with van der Waals surface area (Å²) in [7, 11) is -4.39. The fourth-order valence-electron chi connectivity index (χ4n) is 6.97. The largest absolute Gasteiger partial charge is 0.472 e. The summed E-state index contributed by atoms with van der Waals surface area (Å²) in [6, 6.07) is 0. The molecular weight excluding hydrogens is 750 g/mol. The van der Waals surface area contributed by atoms with E-state index in [4.69, 9.17) is 24.3 Å². The van der Waals surface area contributed by atoms with E-state index < -0.39 is 26.5 Å². The summed E-state index contributed by atoms with van der Waals surface area (Å²) in [6.45, 7) is 3.73. The predicted octanol–water partition coefficient (Wildman–Crippen LogP) is 14.3. The third kappa shape index (κ3) is 44.1. The van der Waals surface area contributed by atoms with Gasteiger partial charge < -0.3 is 20.1 Å². The maximum absolute atomic E-state index is 12.6. The molecule has 0 aliphatic rings. The van der Waals surface area contributed by atoms with E-state index in [1.165, 1.54) is 167 Å². The number of ether oxygens (including phenoxy) is 2. The molecule has 0 aromatic carbocycles. The molecule has 0 heterocycles. The first-order valence-electron chi connectivity index (χ1n) is 24.3. The molecule has 0 aromatic heterocycles. The summed E-state index contributed by atoms with van der Waals surface area (Å²) in [5, 5.41) is 0. The van der Waals surface area contributed by atoms with E-state index in [0.29, 0.717) is 6.42 Å². The van der Waals surface area contributed by atoms with Gasteiger partial charge in [0.15, 0.2) is 6.10 Å². The van der Waals surface area contributed by atoms with Crippen molar-refractivity contribution < 1.29 is 37.6 Å². The fraction of sp³-hybridized carbons (Fsp3) is 0.875. The summed E-state index contributed by atoms with van der Waals surface area (Å²) in [5.74, 6) is -0.869. The highest BCUT2D eigenvalue weighted by Gasteiger charge is 2.26. The van der Waals surface area contributed by atoms with Gasteiger partial charge >= 0.3 is 19.8 Å². The number of hydrogen-bond acceptors (Lipinski definition) is 8. The Labute approximate surface area is 357 Å². The molecule has 0 rings (SSSR count). The van der Waals surface area contributed by atoms with Crippen LogP contribution in [0.5, 0.6) is 0 Å². The van der Waals surface area contributed by atoms with Gasteiger partial charge in [0, 0.05) is 19.4 Å². The Morgan fingerprint density at radius 2 is 0.914 bits per heavy atom. The van der Waals surface area contributed by atoms with Crippen molar-refractivity contribution in [2.45, 2.75) is 245 Å². The maximum atomic E-state index is 12.6. The van der Waals surface area contributed by atoms with Gasteiger partial charge in [0.2, 0.25) is 0 Å². The van der Waals surface area contributed by atoms with Gasteiger partial charge in [-0.3, -0.25) is 18.6 Å². The molecule has 10 heteroatoms. The number of phosphoric acid groups is 1. The molecule has 0 amide bonds. The van der Waals surface area contributed by atoms with Crippen LogP contribution in [0.1, 0.15) is 239 Å². The fourth-order valence-corrected chi connectivity index (χ4v) is 7.74. The molecule has 0 aliphatic heterocycles. The molecule has 58 heavy (non-hydrogen) atoms. The normalized spacial score (nSPS) is 13.4. The minimum Gasteiger partial charge on any atom is -0.462 e. The Bertz CT molecular complexity index is 1010. The average molecular weight is 842 g/mol. The third-order valence-corrected chi connectivity index (χ3v) is 11.6. The first kappa shape index (κ1) is 56.5. The lowest BCUT2D eigenvalue weighted by Gasteiger charge is -2.19. The minimum atomic E-state index is -4.39. The molecule has 0 aliphatic carbocycles. The first-order valence-corrected chi connectivity index (χ1v) is 25.8. The number of hydrogen-bond donors (Lipinski definition) is 2. The van der Waals surface area contributed by atoms with E-state index in [1.54, 1.807) is 0 Å². The summed E-state index contributed by atoms with van der Waals surface area (Å²) in [6.07, 6.45) is 49.4. The highest BCUT2D eigenvalue weighted by molar-refractivity contribution is 7.47. The number of rotatable bonds is 46. The van der Waals surface area contributed by atoms with Crippen molar-refractivity contribution in [2.24, 2.45) is 5.73 Å². The van der Waals surface area contributed by atoms with Crippen molar-refractivity contribution >= 4 is 19.8 Å². The van der Waals surface area contributed by atoms with E-state index >= 15 is 0 Å². The Morgan fingerprint density at radius 1 is 0.517 bits per heavy atom. The van der Waals surface area contributed by atoms with Crippen LogP contribution in [0.2, 0.25) is 0 Å². The quantitative estimate of drug-likeness (QED) is 0.0266. The van der Waals surface area contributed by atoms with E-state index in [1.807, 2.05) is 0 Å². The second kappa shape index (κ2) is 45.0. The van der Waals surface area contributed by atoms with Crippen molar-refractivity contribution in [3.63, 3.8) is 0 Å². The SMILES string of the molecule is CCCCCCCCCCC/C=C/C/C=C/CCCC(=O)O[C@H](COC(=O)CCCCCCCCCCCCCCCCCCCCCC)COP(=O)(O)OCCN. The van der Waals surface area contributed by atoms with Crippen LogP contribution in [0.4, 0.5) is 0 Å². The monoisotopic (exact) mass is 842 g/mol. The van der Waals surface area contributed by atoms with Gasteiger partial charge in [0.1, 0.15) is 6.61 Å². The maximum Gasteiger partial charge on any atom is 0.472 e. The number of unbranched alkanes of at least 4 members (excludes halogenated alkanes) is 29. The van der Waals surface area contributed by atoms with Crippen LogP contribution in [0.15, 0.2) is 24.3 Å². The highest BCUT2D eigenvalue weighted by atomic mass is 31.2. The van der Waals surface area contributed by atoms with E-state index in [2.05, 4.69) is 38.2 Å². The molecule has 2 atom stereocenters. The van der Waals surface area contributed by atoms with Gasteiger partial charge in [-0.1, -0.05) is 212 Å². The number of allylic oxidation sites excluding steroid dienone is 4. The van der Waals surface area contributed by atoms with E-state index in [-0.39, 0.29) is 38.6 Å². The van der Waals surface area contributed by atoms with Crippen LogP contribution >= 0.6 is 7.82 Å². The highest BCUT2D eigenvalue weighted by Crippen LogP contribution is 2.43. The molecule has 0 aromatic rings. The summed E-state index contributed by atoms with van der Waals surface area (Å²) in [5.41, 5.74) is 5.36. The average Bonchev–Trinajstić information content (AvgIpc) is 3.21. The van der Waals surface area contributed by atoms with Crippen molar-refractivity contribution in [3.05, 3.63) is 24.3 Å². The molecule has 9 nitrogen and oxygen atoms in total. The molecule has 0 saturated heterocycles. The Balaban J connectivity index is 4.09. The first-order chi connectivity index (χ1) is 28.3. The van der Waals surface area contributed by atoms with Gasteiger partial charge in [-0.25, -0.2) is 4.57 Å². The lowest BCUT2D eigenvalue weighted by molar-refractivity contribution is -0.161. The molecule has 0 bridgehead atoms. The predicted molar refractivity (Wildman–Crippen MR) is 243 cm³/mol. The summed E-state index contributed by atoms with van der Waals surface area (Å²) in [4.78, 5) is 34.9. The van der Waals surface area contributed by atoms with Crippen LogP contribution in [0.25, 0.3) is 0 Å². The Hall–Kier alpha value is -1.51. The van der Waals surface area contributed by atoms with Gasteiger partial charge in [-0.15, -0.1) is 0 Å². The minimum absolute atomic E-state index is 0.0491. The van der Waals surface area contributed by atoms with Gasteiger partial charge in [0.25, 0.3) is 0 Å². The summed E-state index contributed by atoms with van der Waals surface area (Å²) < 4.78 is 32.8. The van der Waals surface area contributed by atoms with Gasteiger partial charge in [-0.05, 0) is 38.5 Å².